The maximum Gasteiger partial charge on any atom is 0.326 e. The van der Waals surface area contributed by atoms with Crippen molar-refractivity contribution in [2.45, 2.75) is 39.7 Å². The quantitative estimate of drug-likeness (QED) is 0.847. The fraction of sp³-hybridized carbons (Fsp3) is 0.500. The fourth-order valence-electron chi connectivity index (χ4n) is 1.93. The molecule has 0 aliphatic rings. The molecule has 0 saturated heterocycles. The van der Waals surface area contributed by atoms with Crippen LogP contribution in [0.5, 0.6) is 5.75 Å². The summed E-state index contributed by atoms with van der Waals surface area (Å²) in [5.74, 6) is -2.18. The van der Waals surface area contributed by atoms with Gasteiger partial charge in [-0.05, 0) is 36.5 Å². The van der Waals surface area contributed by atoms with Gasteiger partial charge >= 0.3 is 5.97 Å². The van der Waals surface area contributed by atoms with Crippen molar-refractivity contribution in [2.24, 2.45) is 5.41 Å². The van der Waals surface area contributed by atoms with Crippen molar-refractivity contribution in [2.75, 3.05) is 7.11 Å². The summed E-state index contributed by atoms with van der Waals surface area (Å²) in [6, 6.07) is 2.50. The summed E-state index contributed by atoms with van der Waals surface area (Å²) < 4.78 is 18.3. The van der Waals surface area contributed by atoms with Crippen LogP contribution in [-0.4, -0.2) is 30.1 Å². The molecule has 0 fully saturated rings. The van der Waals surface area contributed by atoms with E-state index in [1.54, 1.807) is 0 Å². The zero-order valence-electron chi connectivity index (χ0n) is 13.3. The second-order valence-electron chi connectivity index (χ2n) is 6.31. The number of carboxylic acids is 1. The van der Waals surface area contributed by atoms with E-state index < -0.39 is 23.7 Å². The van der Waals surface area contributed by atoms with Gasteiger partial charge in [0.2, 0.25) is 0 Å². The van der Waals surface area contributed by atoms with Crippen LogP contribution in [0.3, 0.4) is 0 Å². The molecule has 1 amide bonds. The number of halogens is 1. The first-order valence-electron chi connectivity index (χ1n) is 7.01. The third-order valence-corrected chi connectivity index (χ3v) is 3.19. The highest BCUT2D eigenvalue weighted by atomic mass is 19.1. The highest BCUT2D eigenvalue weighted by molar-refractivity contribution is 5.98. The van der Waals surface area contributed by atoms with Crippen molar-refractivity contribution in [3.63, 3.8) is 0 Å². The normalized spacial score (nSPS) is 12.6. The van der Waals surface area contributed by atoms with Crippen molar-refractivity contribution >= 4 is 11.9 Å². The van der Waals surface area contributed by atoms with Gasteiger partial charge in [0, 0.05) is 0 Å². The highest BCUT2D eigenvalue weighted by Crippen LogP contribution is 2.23. The van der Waals surface area contributed by atoms with E-state index in [2.05, 4.69) is 5.32 Å². The van der Waals surface area contributed by atoms with Gasteiger partial charge in [0.25, 0.3) is 5.91 Å². The number of amides is 1. The molecule has 0 aliphatic heterocycles. The minimum atomic E-state index is -1.12. The van der Waals surface area contributed by atoms with Gasteiger partial charge in [-0.15, -0.1) is 0 Å². The summed E-state index contributed by atoms with van der Waals surface area (Å²) >= 11 is 0. The van der Waals surface area contributed by atoms with Gasteiger partial charge in [-0.1, -0.05) is 20.8 Å². The van der Waals surface area contributed by atoms with E-state index >= 15 is 0 Å². The summed E-state index contributed by atoms with van der Waals surface area (Å²) in [4.78, 5) is 23.5. The zero-order chi connectivity index (χ0) is 16.9. The third kappa shape index (κ3) is 5.35. The van der Waals surface area contributed by atoms with E-state index in [-0.39, 0.29) is 16.7 Å². The first-order chi connectivity index (χ1) is 10.1. The monoisotopic (exact) mass is 311 g/mol. The van der Waals surface area contributed by atoms with Crippen LogP contribution in [0.15, 0.2) is 18.2 Å². The summed E-state index contributed by atoms with van der Waals surface area (Å²) in [7, 11) is 1.36. The number of rotatable bonds is 6. The van der Waals surface area contributed by atoms with Crippen LogP contribution in [0.4, 0.5) is 4.39 Å². The molecular weight excluding hydrogens is 289 g/mol. The summed E-state index contributed by atoms with van der Waals surface area (Å²) in [5.41, 5.74) is -0.0703. The molecule has 1 aromatic carbocycles. The second-order valence-corrected chi connectivity index (χ2v) is 6.31. The third-order valence-electron chi connectivity index (χ3n) is 3.19. The molecule has 22 heavy (non-hydrogen) atoms. The zero-order valence-corrected chi connectivity index (χ0v) is 13.3. The smallest absolute Gasteiger partial charge is 0.326 e. The number of aliphatic carboxylic acids is 1. The summed E-state index contributed by atoms with van der Waals surface area (Å²) in [5, 5.41) is 11.6. The molecular formula is C16H22FNO4. The van der Waals surface area contributed by atoms with Gasteiger partial charge in [0.05, 0.1) is 12.7 Å². The molecule has 0 spiro atoms. The Morgan fingerprint density at radius 3 is 2.50 bits per heavy atom. The molecule has 1 rings (SSSR count). The Bertz CT molecular complexity index is 552. The van der Waals surface area contributed by atoms with Gasteiger partial charge in [-0.2, -0.15) is 0 Å². The number of carbonyl (C=O) groups is 2. The van der Waals surface area contributed by atoms with Gasteiger partial charge in [0.1, 0.15) is 17.6 Å². The molecule has 0 bridgehead atoms. The summed E-state index contributed by atoms with van der Waals surface area (Å²) in [6.45, 7) is 5.97. The van der Waals surface area contributed by atoms with Gasteiger partial charge in [0.15, 0.2) is 0 Å². The molecule has 2 N–H and O–H groups in total. The van der Waals surface area contributed by atoms with E-state index in [4.69, 9.17) is 4.74 Å². The van der Waals surface area contributed by atoms with Crippen LogP contribution in [0, 0.1) is 11.2 Å². The van der Waals surface area contributed by atoms with E-state index in [0.717, 1.165) is 6.07 Å². The predicted molar refractivity (Wildman–Crippen MR) is 80.5 cm³/mol. The number of carboxylic acid groups (broad SMARTS) is 1. The molecule has 1 aromatic rings. The summed E-state index contributed by atoms with van der Waals surface area (Å²) in [6.07, 6.45) is 0.923. The maximum atomic E-state index is 13.3. The minimum Gasteiger partial charge on any atom is -0.496 e. The largest absolute Gasteiger partial charge is 0.496 e. The molecule has 122 valence electrons. The maximum absolute atomic E-state index is 13.3. The topological polar surface area (TPSA) is 75.6 Å². The predicted octanol–water partition coefficient (Wildman–Crippen LogP) is 2.84. The number of hydrogen-bond donors (Lipinski definition) is 2. The van der Waals surface area contributed by atoms with E-state index in [1.165, 1.54) is 19.2 Å². The lowest BCUT2D eigenvalue weighted by Gasteiger charge is -2.22. The number of benzene rings is 1. The Kier molecular flexibility index (Phi) is 5.91. The first kappa shape index (κ1) is 17.9. The Labute approximate surface area is 129 Å². The molecule has 0 heterocycles. The average Bonchev–Trinajstić information content (AvgIpc) is 2.41. The minimum absolute atomic E-state index is 0.0236. The van der Waals surface area contributed by atoms with Crippen LogP contribution in [0.1, 0.15) is 44.0 Å². The van der Waals surface area contributed by atoms with E-state index in [9.17, 15) is 19.1 Å². The van der Waals surface area contributed by atoms with Crippen molar-refractivity contribution in [3.05, 3.63) is 29.6 Å². The fourth-order valence-corrected chi connectivity index (χ4v) is 1.93. The Morgan fingerprint density at radius 2 is 2.00 bits per heavy atom. The number of ether oxygens (including phenoxy) is 1. The van der Waals surface area contributed by atoms with Gasteiger partial charge < -0.3 is 15.2 Å². The molecule has 0 radical (unpaired) electrons. The standard InChI is InChI=1S/C16H22FNO4/c1-16(2,3)8-7-12(15(20)21)18-14(19)11-9-10(17)5-6-13(11)22-4/h5-6,9,12H,7-8H2,1-4H3,(H,18,19)(H,20,21). The second kappa shape index (κ2) is 7.24. The molecule has 1 unspecified atom stereocenters. The van der Waals surface area contributed by atoms with Crippen molar-refractivity contribution < 1.29 is 23.8 Å². The highest BCUT2D eigenvalue weighted by Gasteiger charge is 2.24. The lowest BCUT2D eigenvalue weighted by molar-refractivity contribution is -0.139. The number of hydrogen-bond acceptors (Lipinski definition) is 3. The SMILES string of the molecule is COc1ccc(F)cc1C(=O)NC(CCC(C)(C)C)C(=O)O. The molecule has 0 aromatic heterocycles. The van der Waals surface area contributed by atoms with E-state index in [1.807, 2.05) is 20.8 Å². The Morgan fingerprint density at radius 1 is 1.36 bits per heavy atom. The van der Waals surface area contributed by atoms with E-state index in [0.29, 0.717) is 12.8 Å². The van der Waals surface area contributed by atoms with Crippen LogP contribution in [0.25, 0.3) is 0 Å². The van der Waals surface area contributed by atoms with Gasteiger partial charge in [-0.3, -0.25) is 4.79 Å². The number of methoxy groups -OCH3 is 1. The van der Waals surface area contributed by atoms with Crippen molar-refractivity contribution in [3.8, 4) is 5.75 Å². The average molecular weight is 311 g/mol. The molecule has 0 aliphatic carbocycles. The first-order valence-corrected chi connectivity index (χ1v) is 7.01. The lowest BCUT2D eigenvalue weighted by atomic mass is 9.88. The number of carbonyl (C=O) groups excluding carboxylic acids is 1. The Balaban J connectivity index is 2.88. The van der Waals surface area contributed by atoms with Crippen LogP contribution in [-0.2, 0) is 4.79 Å². The van der Waals surface area contributed by atoms with Crippen LogP contribution in [0.2, 0.25) is 0 Å². The molecule has 1 atom stereocenters. The molecule has 0 saturated carbocycles. The molecule has 6 heteroatoms. The van der Waals surface area contributed by atoms with Crippen LogP contribution >= 0.6 is 0 Å². The van der Waals surface area contributed by atoms with Crippen molar-refractivity contribution in [1.82, 2.24) is 5.32 Å². The molecule has 5 nitrogen and oxygen atoms in total. The lowest BCUT2D eigenvalue weighted by Crippen LogP contribution is -2.41. The number of nitrogens with one attached hydrogen (secondary N) is 1. The van der Waals surface area contributed by atoms with Gasteiger partial charge in [-0.25, -0.2) is 9.18 Å². The van der Waals surface area contributed by atoms with Crippen LogP contribution < -0.4 is 10.1 Å². The Hall–Kier alpha value is -2.11. The van der Waals surface area contributed by atoms with Crippen molar-refractivity contribution in [1.29, 1.82) is 0 Å².